The zero-order valence-corrected chi connectivity index (χ0v) is 8.69. The summed E-state index contributed by atoms with van der Waals surface area (Å²) >= 11 is 1.75. The third kappa shape index (κ3) is 1.64. The molecule has 0 amide bonds. The van der Waals surface area contributed by atoms with Crippen LogP contribution in [0.2, 0.25) is 0 Å². The number of thiophene rings is 1. The molecule has 1 unspecified atom stereocenters. The molecule has 1 aliphatic heterocycles. The van der Waals surface area contributed by atoms with Gasteiger partial charge in [-0.3, -0.25) is 0 Å². The van der Waals surface area contributed by atoms with Crippen molar-refractivity contribution in [2.45, 2.75) is 25.3 Å². The van der Waals surface area contributed by atoms with Crippen molar-refractivity contribution in [2.75, 3.05) is 13.2 Å². The lowest BCUT2D eigenvalue weighted by molar-refractivity contribution is 0.0379. The third-order valence-corrected chi connectivity index (χ3v) is 3.82. The molecule has 2 nitrogen and oxygen atoms in total. The molecule has 13 heavy (non-hydrogen) atoms. The Labute approximate surface area is 82.7 Å². The molecule has 0 bridgehead atoms. The predicted molar refractivity (Wildman–Crippen MR) is 55.0 cm³/mol. The second kappa shape index (κ2) is 3.40. The van der Waals surface area contributed by atoms with Gasteiger partial charge in [-0.2, -0.15) is 0 Å². The maximum atomic E-state index is 6.31. The van der Waals surface area contributed by atoms with Crippen LogP contribution in [0.15, 0.2) is 11.4 Å². The van der Waals surface area contributed by atoms with Crippen LogP contribution in [-0.4, -0.2) is 13.2 Å². The van der Waals surface area contributed by atoms with E-state index in [1.165, 1.54) is 10.4 Å². The van der Waals surface area contributed by atoms with Gasteiger partial charge in [-0.25, -0.2) is 0 Å². The van der Waals surface area contributed by atoms with Crippen molar-refractivity contribution in [2.24, 2.45) is 5.73 Å². The lowest BCUT2D eigenvalue weighted by Crippen LogP contribution is -2.44. The van der Waals surface area contributed by atoms with Crippen molar-refractivity contribution in [3.63, 3.8) is 0 Å². The maximum Gasteiger partial charge on any atom is 0.0743 e. The fraction of sp³-hybridized carbons (Fsp3) is 0.600. The Morgan fingerprint density at radius 1 is 1.62 bits per heavy atom. The van der Waals surface area contributed by atoms with Crippen molar-refractivity contribution >= 4 is 11.3 Å². The summed E-state index contributed by atoms with van der Waals surface area (Å²) in [6.45, 7) is 3.66. The molecule has 0 spiro atoms. The first-order valence-electron chi connectivity index (χ1n) is 4.63. The van der Waals surface area contributed by atoms with Gasteiger partial charge in [-0.05, 0) is 36.8 Å². The molecule has 1 aromatic rings. The average molecular weight is 197 g/mol. The van der Waals surface area contributed by atoms with Crippen LogP contribution in [0, 0.1) is 6.92 Å². The van der Waals surface area contributed by atoms with Crippen LogP contribution in [0.4, 0.5) is 0 Å². The summed E-state index contributed by atoms with van der Waals surface area (Å²) < 4.78 is 5.45. The van der Waals surface area contributed by atoms with Gasteiger partial charge in [0.05, 0.1) is 12.1 Å². The second-order valence-corrected chi connectivity index (χ2v) is 4.66. The summed E-state index contributed by atoms with van der Waals surface area (Å²) in [6.07, 6.45) is 2.13. The Bertz CT molecular complexity index is 289. The molecule has 0 radical (unpaired) electrons. The molecule has 72 valence electrons. The number of ether oxygens (including phenoxy) is 1. The highest BCUT2D eigenvalue weighted by molar-refractivity contribution is 7.10. The highest BCUT2D eigenvalue weighted by atomic mass is 32.1. The maximum absolute atomic E-state index is 6.31. The van der Waals surface area contributed by atoms with E-state index in [0.29, 0.717) is 6.61 Å². The lowest BCUT2D eigenvalue weighted by atomic mass is 9.90. The van der Waals surface area contributed by atoms with Crippen LogP contribution >= 0.6 is 11.3 Å². The molecule has 0 aliphatic carbocycles. The van der Waals surface area contributed by atoms with Crippen molar-refractivity contribution in [3.05, 3.63) is 21.9 Å². The zero-order chi connectivity index (χ0) is 9.31. The normalized spacial score (nSPS) is 29.1. The summed E-state index contributed by atoms with van der Waals surface area (Å²) in [4.78, 5) is 1.30. The van der Waals surface area contributed by atoms with E-state index >= 15 is 0 Å². The third-order valence-electron chi connectivity index (χ3n) is 2.59. The SMILES string of the molecule is Cc1ccsc1C1(N)CCCOC1. The highest BCUT2D eigenvalue weighted by Crippen LogP contribution is 2.33. The van der Waals surface area contributed by atoms with Crippen LogP contribution < -0.4 is 5.73 Å². The monoisotopic (exact) mass is 197 g/mol. The van der Waals surface area contributed by atoms with Gasteiger partial charge >= 0.3 is 0 Å². The van der Waals surface area contributed by atoms with Gasteiger partial charge in [0.2, 0.25) is 0 Å². The fourth-order valence-electron chi connectivity index (χ4n) is 1.88. The van der Waals surface area contributed by atoms with E-state index in [0.717, 1.165) is 19.4 Å². The average Bonchev–Trinajstić information content (AvgIpc) is 2.53. The van der Waals surface area contributed by atoms with Crippen LogP contribution in [0.3, 0.4) is 0 Å². The number of rotatable bonds is 1. The van der Waals surface area contributed by atoms with E-state index in [-0.39, 0.29) is 5.54 Å². The number of hydrogen-bond acceptors (Lipinski definition) is 3. The summed E-state index contributed by atoms with van der Waals surface area (Å²) in [7, 11) is 0. The Hall–Kier alpha value is -0.380. The zero-order valence-electron chi connectivity index (χ0n) is 7.88. The van der Waals surface area contributed by atoms with Crippen LogP contribution in [0.5, 0.6) is 0 Å². The van der Waals surface area contributed by atoms with Crippen LogP contribution in [0.1, 0.15) is 23.3 Å². The van der Waals surface area contributed by atoms with Gasteiger partial charge in [-0.15, -0.1) is 11.3 Å². The minimum absolute atomic E-state index is 0.212. The molecule has 2 rings (SSSR count). The molecule has 0 saturated carbocycles. The minimum atomic E-state index is -0.212. The van der Waals surface area contributed by atoms with E-state index in [1.54, 1.807) is 11.3 Å². The van der Waals surface area contributed by atoms with Gasteiger partial charge in [0, 0.05) is 11.5 Å². The van der Waals surface area contributed by atoms with E-state index in [9.17, 15) is 0 Å². The van der Waals surface area contributed by atoms with Gasteiger partial charge in [0.25, 0.3) is 0 Å². The fourth-order valence-corrected chi connectivity index (χ4v) is 2.94. The van der Waals surface area contributed by atoms with Gasteiger partial charge in [-0.1, -0.05) is 0 Å². The first-order chi connectivity index (χ1) is 6.22. The largest absolute Gasteiger partial charge is 0.379 e. The molecule has 1 aromatic heterocycles. The number of hydrogen-bond donors (Lipinski definition) is 1. The summed E-state index contributed by atoms with van der Waals surface area (Å²) in [5.74, 6) is 0. The second-order valence-electron chi connectivity index (χ2n) is 3.75. The van der Waals surface area contributed by atoms with Crippen LogP contribution in [-0.2, 0) is 10.3 Å². The van der Waals surface area contributed by atoms with Gasteiger partial charge < -0.3 is 10.5 Å². The number of nitrogens with two attached hydrogens (primary N) is 1. The predicted octanol–water partition coefficient (Wildman–Crippen LogP) is 2.02. The van der Waals surface area contributed by atoms with Crippen molar-refractivity contribution < 1.29 is 4.74 Å². The van der Waals surface area contributed by atoms with E-state index in [4.69, 9.17) is 10.5 Å². The summed E-state index contributed by atoms with van der Waals surface area (Å²) in [5, 5.41) is 2.11. The molecule has 2 heterocycles. The molecule has 1 saturated heterocycles. The van der Waals surface area contributed by atoms with Crippen LogP contribution in [0.25, 0.3) is 0 Å². The topological polar surface area (TPSA) is 35.2 Å². The Kier molecular flexibility index (Phi) is 2.41. The standard InChI is InChI=1S/C10H15NOS/c1-8-3-6-13-9(8)10(11)4-2-5-12-7-10/h3,6H,2,4-5,7,11H2,1H3. The smallest absolute Gasteiger partial charge is 0.0743 e. The first-order valence-corrected chi connectivity index (χ1v) is 5.51. The van der Waals surface area contributed by atoms with Gasteiger partial charge in [0.15, 0.2) is 0 Å². The van der Waals surface area contributed by atoms with E-state index in [1.807, 2.05) is 0 Å². The summed E-state index contributed by atoms with van der Waals surface area (Å²) in [6, 6.07) is 2.13. The van der Waals surface area contributed by atoms with E-state index in [2.05, 4.69) is 18.4 Å². The summed E-state index contributed by atoms with van der Waals surface area (Å²) in [5.41, 5.74) is 7.40. The Balaban J connectivity index is 2.27. The van der Waals surface area contributed by atoms with Gasteiger partial charge in [0.1, 0.15) is 0 Å². The Morgan fingerprint density at radius 2 is 2.46 bits per heavy atom. The first kappa shape index (κ1) is 9.19. The Morgan fingerprint density at radius 3 is 3.00 bits per heavy atom. The molecule has 2 N–H and O–H groups in total. The van der Waals surface area contributed by atoms with Crippen molar-refractivity contribution in [1.29, 1.82) is 0 Å². The molecule has 0 aromatic carbocycles. The quantitative estimate of drug-likeness (QED) is 0.747. The number of aryl methyl sites for hydroxylation is 1. The molecule has 1 fully saturated rings. The molecular formula is C10H15NOS. The molecule has 1 aliphatic rings. The molecule has 3 heteroatoms. The van der Waals surface area contributed by atoms with Crippen molar-refractivity contribution in [1.82, 2.24) is 0 Å². The molecular weight excluding hydrogens is 182 g/mol. The van der Waals surface area contributed by atoms with Crippen molar-refractivity contribution in [3.8, 4) is 0 Å². The minimum Gasteiger partial charge on any atom is -0.379 e. The lowest BCUT2D eigenvalue weighted by Gasteiger charge is -2.33. The van der Waals surface area contributed by atoms with E-state index < -0.39 is 0 Å². The molecule has 1 atom stereocenters. The highest BCUT2D eigenvalue weighted by Gasteiger charge is 2.32.